The largest absolute Gasteiger partial charge is 0.349 e. The van der Waals surface area contributed by atoms with Gasteiger partial charge >= 0.3 is 0 Å². The lowest BCUT2D eigenvalue weighted by molar-refractivity contribution is -0.121. The minimum absolute atomic E-state index is 0.0221. The third kappa shape index (κ3) is 4.02. The molecule has 1 aliphatic rings. The van der Waals surface area contributed by atoms with Crippen molar-refractivity contribution in [2.45, 2.75) is 51.5 Å². The number of amides is 1. The van der Waals surface area contributed by atoms with Gasteiger partial charge in [-0.05, 0) is 66.5 Å². The highest BCUT2D eigenvalue weighted by Gasteiger charge is 2.16. The maximum atomic E-state index is 12.9. The zero-order valence-electron chi connectivity index (χ0n) is 14.1. The van der Waals surface area contributed by atoms with Gasteiger partial charge in [-0.2, -0.15) is 0 Å². The molecule has 3 rings (SSSR count). The Morgan fingerprint density at radius 2 is 1.79 bits per heavy atom. The fraction of sp³-hybridized carbons (Fsp3) is 0.381. The van der Waals surface area contributed by atoms with Crippen molar-refractivity contribution in [3.05, 3.63) is 70.5 Å². The second kappa shape index (κ2) is 7.61. The van der Waals surface area contributed by atoms with Gasteiger partial charge in [0.05, 0.1) is 12.5 Å². The number of carbonyl (C=O) groups is 1. The van der Waals surface area contributed by atoms with Crippen LogP contribution in [0.3, 0.4) is 0 Å². The van der Waals surface area contributed by atoms with Crippen molar-refractivity contribution in [3.8, 4) is 0 Å². The van der Waals surface area contributed by atoms with E-state index in [4.69, 9.17) is 0 Å². The van der Waals surface area contributed by atoms with Crippen LogP contribution in [0.25, 0.3) is 0 Å². The van der Waals surface area contributed by atoms with Crippen molar-refractivity contribution in [1.29, 1.82) is 0 Å². The minimum Gasteiger partial charge on any atom is -0.349 e. The minimum atomic E-state index is -0.278. The Hall–Kier alpha value is -2.16. The van der Waals surface area contributed by atoms with Gasteiger partial charge in [0.1, 0.15) is 5.82 Å². The van der Waals surface area contributed by atoms with Crippen LogP contribution in [0.2, 0.25) is 0 Å². The van der Waals surface area contributed by atoms with E-state index in [0.29, 0.717) is 0 Å². The maximum Gasteiger partial charge on any atom is 0.224 e. The average Bonchev–Trinajstić information content (AvgIpc) is 2.61. The maximum absolute atomic E-state index is 12.9. The van der Waals surface area contributed by atoms with Gasteiger partial charge in [0.15, 0.2) is 0 Å². The van der Waals surface area contributed by atoms with Crippen LogP contribution in [0.1, 0.15) is 54.5 Å². The fourth-order valence-corrected chi connectivity index (χ4v) is 3.42. The first-order valence-electron chi connectivity index (χ1n) is 8.81. The summed E-state index contributed by atoms with van der Waals surface area (Å²) in [7, 11) is 0. The van der Waals surface area contributed by atoms with Gasteiger partial charge in [0, 0.05) is 0 Å². The summed E-state index contributed by atoms with van der Waals surface area (Å²) in [6.07, 6.45) is 5.98. The summed E-state index contributed by atoms with van der Waals surface area (Å²) in [5.41, 5.74) is 4.90. The Morgan fingerprint density at radius 3 is 2.50 bits per heavy atom. The van der Waals surface area contributed by atoms with Gasteiger partial charge in [-0.15, -0.1) is 0 Å². The van der Waals surface area contributed by atoms with E-state index in [-0.39, 0.29) is 24.2 Å². The predicted octanol–water partition coefficient (Wildman–Crippen LogP) is 4.51. The van der Waals surface area contributed by atoms with Gasteiger partial charge in [-0.3, -0.25) is 4.79 Å². The van der Waals surface area contributed by atoms with Crippen LogP contribution in [-0.2, 0) is 24.1 Å². The highest BCUT2D eigenvalue weighted by Crippen LogP contribution is 2.26. The van der Waals surface area contributed by atoms with Crippen LogP contribution in [0, 0.1) is 5.82 Å². The van der Waals surface area contributed by atoms with Crippen molar-refractivity contribution in [3.63, 3.8) is 0 Å². The molecule has 0 spiro atoms. The number of rotatable bonds is 5. The SMILES string of the molecule is CC[C@@H](NC(=O)Cc1ccc(F)cc1)c1ccc2c(c1)CCCC2. The Balaban J connectivity index is 1.67. The molecule has 0 bridgehead atoms. The number of aryl methyl sites for hydroxylation is 2. The standard InChI is InChI=1S/C21H24FNO/c1-2-20(18-10-9-16-5-3-4-6-17(16)14-18)23-21(24)13-15-7-11-19(22)12-8-15/h7-12,14,20H,2-6,13H2,1H3,(H,23,24)/t20-/m1/s1. The van der Waals surface area contributed by atoms with Crippen molar-refractivity contribution >= 4 is 5.91 Å². The normalized spacial score (nSPS) is 14.8. The highest BCUT2D eigenvalue weighted by molar-refractivity contribution is 5.79. The Kier molecular flexibility index (Phi) is 5.29. The molecule has 2 aromatic rings. The Morgan fingerprint density at radius 1 is 1.08 bits per heavy atom. The smallest absolute Gasteiger partial charge is 0.224 e. The van der Waals surface area contributed by atoms with Crippen LogP contribution in [-0.4, -0.2) is 5.91 Å². The molecule has 0 aliphatic heterocycles. The average molecular weight is 325 g/mol. The number of nitrogens with one attached hydrogen (secondary N) is 1. The molecule has 1 aliphatic carbocycles. The van der Waals surface area contributed by atoms with E-state index in [9.17, 15) is 9.18 Å². The zero-order valence-corrected chi connectivity index (χ0v) is 14.1. The molecule has 2 nitrogen and oxygen atoms in total. The molecule has 0 saturated heterocycles. The number of carbonyl (C=O) groups excluding carboxylic acids is 1. The van der Waals surface area contributed by atoms with Crippen LogP contribution < -0.4 is 5.32 Å². The van der Waals surface area contributed by atoms with E-state index in [2.05, 4.69) is 30.4 Å². The van der Waals surface area contributed by atoms with Crippen molar-refractivity contribution in [2.75, 3.05) is 0 Å². The van der Waals surface area contributed by atoms with Crippen molar-refractivity contribution in [2.24, 2.45) is 0 Å². The molecular weight excluding hydrogens is 301 g/mol. The third-order valence-corrected chi connectivity index (χ3v) is 4.80. The predicted molar refractivity (Wildman–Crippen MR) is 94.4 cm³/mol. The van der Waals surface area contributed by atoms with Crippen LogP contribution >= 0.6 is 0 Å². The van der Waals surface area contributed by atoms with Crippen molar-refractivity contribution in [1.82, 2.24) is 5.32 Å². The highest BCUT2D eigenvalue weighted by atomic mass is 19.1. The van der Waals surface area contributed by atoms with Gasteiger partial charge in [0.2, 0.25) is 5.91 Å². The first-order chi connectivity index (χ1) is 11.7. The molecule has 1 atom stereocenters. The van der Waals surface area contributed by atoms with Crippen molar-refractivity contribution < 1.29 is 9.18 Å². The molecule has 0 aromatic heterocycles. The molecule has 0 fully saturated rings. The molecule has 0 saturated carbocycles. The lowest BCUT2D eigenvalue weighted by atomic mass is 9.88. The quantitative estimate of drug-likeness (QED) is 0.861. The number of halogens is 1. The van der Waals surface area contributed by atoms with Crippen LogP contribution in [0.5, 0.6) is 0 Å². The molecule has 2 aromatic carbocycles. The van der Waals surface area contributed by atoms with Gasteiger partial charge in [-0.1, -0.05) is 37.3 Å². The first-order valence-corrected chi connectivity index (χ1v) is 8.81. The molecule has 0 unspecified atom stereocenters. The molecule has 3 heteroatoms. The first kappa shape index (κ1) is 16.7. The molecule has 1 amide bonds. The van der Waals surface area contributed by atoms with Crippen LogP contribution in [0.15, 0.2) is 42.5 Å². The molecule has 0 heterocycles. The molecular formula is C21H24FNO. The van der Waals surface area contributed by atoms with E-state index in [0.717, 1.165) is 18.4 Å². The van der Waals surface area contributed by atoms with E-state index >= 15 is 0 Å². The molecule has 24 heavy (non-hydrogen) atoms. The zero-order chi connectivity index (χ0) is 16.9. The van der Waals surface area contributed by atoms with Crippen LogP contribution in [0.4, 0.5) is 4.39 Å². The number of hydrogen-bond donors (Lipinski definition) is 1. The summed E-state index contributed by atoms with van der Waals surface area (Å²) >= 11 is 0. The molecule has 1 N–H and O–H groups in total. The number of benzene rings is 2. The van der Waals surface area contributed by atoms with E-state index < -0.39 is 0 Å². The van der Waals surface area contributed by atoms with E-state index in [1.165, 1.54) is 48.1 Å². The molecule has 0 radical (unpaired) electrons. The lowest BCUT2D eigenvalue weighted by Gasteiger charge is -2.21. The summed E-state index contributed by atoms with van der Waals surface area (Å²) in [5, 5.41) is 3.12. The number of fused-ring (bicyclic) bond motifs is 1. The fourth-order valence-electron chi connectivity index (χ4n) is 3.42. The van der Waals surface area contributed by atoms with E-state index in [1.807, 2.05) is 0 Å². The van der Waals surface area contributed by atoms with Gasteiger partial charge in [0.25, 0.3) is 0 Å². The lowest BCUT2D eigenvalue weighted by Crippen LogP contribution is -2.29. The summed E-state index contributed by atoms with van der Waals surface area (Å²) < 4.78 is 12.9. The third-order valence-electron chi connectivity index (χ3n) is 4.80. The summed E-state index contributed by atoms with van der Waals surface area (Å²) in [6.45, 7) is 2.09. The summed E-state index contributed by atoms with van der Waals surface area (Å²) in [6, 6.07) is 12.8. The van der Waals surface area contributed by atoms with E-state index in [1.54, 1.807) is 12.1 Å². The van der Waals surface area contributed by atoms with Gasteiger partial charge in [-0.25, -0.2) is 4.39 Å². The monoisotopic (exact) mass is 325 g/mol. The topological polar surface area (TPSA) is 29.1 Å². The Bertz CT molecular complexity index is 708. The Labute approximate surface area is 143 Å². The summed E-state index contributed by atoms with van der Waals surface area (Å²) in [4.78, 5) is 12.3. The van der Waals surface area contributed by atoms with Gasteiger partial charge < -0.3 is 5.32 Å². The number of hydrogen-bond acceptors (Lipinski definition) is 1. The second-order valence-corrected chi connectivity index (χ2v) is 6.57. The summed E-state index contributed by atoms with van der Waals surface area (Å²) in [5.74, 6) is -0.300. The second-order valence-electron chi connectivity index (χ2n) is 6.57. The molecule has 126 valence electrons.